The van der Waals surface area contributed by atoms with Gasteiger partial charge in [0.15, 0.2) is 0 Å². The van der Waals surface area contributed by atoms with Gasteiger partial charge in [0.2, 0.25) is 0 Å². The molecule has 2 aliphatic heterocycles. The summed E-state index contributed by atoms with van der Waals surface area (Å²) in [5, 5.41) is 3.42. The molecule has 1 amide bonds. The Hall–Kier alpha value is -1.00. The minimum atomic E-state index is 0. The number of nitrogens with one attached hydrogen (secondary N) is 1. The monoisotopic (exact) mass is 269 g/mol. The van der Waals surface area contributed by atoms with E-state index in [1.165, 1.54) is 6.42 Å². The summed E-state index contributed by atoms with van der Waals surface area (Å²) >= 11 is 0. The molecule has 0 radical (unpaired) electrons. The van der Waals surface area contributed by atoms with E-state index < -0.39 is 0 Å². The number of amides is 1. The molecule has 0 saturated carbocycles. The highest BCUT2D eigenvalue weighted by Gasteiger charge is 2.42. The summed E-state index contributed by atoms with van der Waals surface area (Å²) in [6, 6.07) is 3.83. The fourth-order valence-electron chi connectivity index (χ4n) is 3.10. The predicted octanol–water partition coefficient (Wildman–Crippen LogP) is 1.27. The smallest absolute Gasteiger partial charge is 0.270 e. The summed E-state index contributed by atoms with van der Waals surface area (Å²) in [4.78, 5) is 14.4. The van der Waals surface area contributed by atoms with Crippen LogP contribution in [0.3, 0.4) is 0 Å². The van der Waals surface area contributed by atoms with Crippen LogP contribution in [0.2, 0.25) is 0 Å². The summed E-state index contributed by atoms with van der Waals surface area (Å²) in [5.41, 5.74) is 1.16. The van der Waals surface area contributed by atoms with Crippen molar-refractivity contribution in [2.24, 2.45) is 12.5 Å². The maximum atomic E-state index is 12.4. The first kappa shape index (κ1) is 13.4. The lowest BCUT2D eigenvalue weighted by molar-refractivity contribution is 0.0766. The van der Waals surface area contributed by atoms with Gasteiger partial charge >= 0.3 is 0 Å². The van der Waals surface area contributed by atoms with Crippen LogP contribution in [0, 0.1) is 5.41 Å². The highest BCUT2D eigenvalue weighted by atomic mass is 35.5. The number of rotatable bonds is 1. The van der Waals surface area contributed by atoms with E-state index in [2.05, 4.69) is 5.32 Å². The number of likely N-dealkylation sites (tertiary alicyclic amines) is 1. The molecule has 1 unspecified atom stereocenters. The third kappa shape index (κ3) is 2.15. The van der Waals surface area contributed by atoms with Gasteiger partial charge in [0, 0.05) is 38.3 Å². The maximum absolute atomic E-state index is 12.4. The molecule has 0 bridgehead atoms. The molecule has 1 aromatic heterocycles. The summed E-state index contributed by atoms with van der Waals surface area (Å²) < 4.78 is 1.90. The van der Waals surface area contributed by atoms with Crippen LogP contribution in [0.25, 0.3) is 0 Å². The van der Waals surface area contributed by atoms with Gasteiger partial charge in [-0.3, -0.25) is 4.79 Å². The Morgan fingerprint density at radius 1 is 1.44 bits per heavy atom. The largest absolute Gasteiger partial charge is 0.347 e. The Kier molecular flexibility index (Phi) is 3.69. The molecule has 1 atom stereocenters. The van der Waals surface area contributed by atoms with E-state index in [4.69, 9.17) is 0 Å². The highest BCUT2D eigenvalue weighted by molar-refractivity contribution is 5.93. The quantitative estimate of drug-likeness (QED) is 0.834. The number of carbonyl (C=O) groups excluding carboxylic acids is 1. The van der Waals surface area contributed by atoms with Gasteiger partial charge in [-0.15, -0.1) is 12.4 Å². The molecule has 3 heterocycles. The van der Waals surface area contributed by atoms with E-state index in [-0.39, 0.29) is 18.3 Å². The molecule has 2 saturated heterocycles. The van der Waals surface area contributed by atoms with Gasteiger partial charge in [-0.05, 0) is 31.5 Å². The lowest BCUT2D eigenvalue weighted by Crippen LogP contribution is -2.34. The third-order valence-electron chi connectivity index (χ3n) is 4.22. The van der Waals surface area contributed by atoms with E-state index in [9.17, 15) is 4.79 Å². The van der Waals surface area contributed by atoms with Crippen molar-refractivity contribution in [2.45, 2.75) is 12.8 Å². The molecular weight excluding hydrogens is 250 g/mol. The summed E-state index contributed by atoms with van der Waals surface area (Å²) in [6.07, 6.45) is 4.29. The average Bonchev–Trinajstić information content (AvgIpc) is 3.02. The Bertz CT molecular complexity index is 437. The van der Waals surface area contributed by atoms with Gasteiger partial charge in [-0.25, -0.2) is 0 Å². The Morgan fingerprint density at radius 3 is 2.89 bits per heavy atom. The number of halogens is 1. The second-order valence-corrected chi connectivity index (χ2v) is 5.41. The van der Waals surface area contributed by atoms with Crippen LogP contribution in [-0.2, 0) is 7.05 Å². The predicted molar refractivity (Wildman–Crippen MR) is 73.1 cm³/mol. The van der Waals surface area contributed by atoms with Crippen molar-refractivity contribution in [3.05, 3.63) is 24.0 Å². The van der Waals surface area contributed by atoms with Gasteiger partial charge < -0.3 is 14.8 Å². The first-order valence-electron chi connectivity index (χ1n) is 6.32. The van der Waals surface area contributed by atoms with Gasteiger partial charge in [0.05, 0.1) is 0 Å². The summed E-state index contributed by atoms with van der Waals surface area (Å²) in [6.45, 7) is 4.01. The highest BCUT2D eigenvalue weighted by Crippen LogP contribution is 2.36. The topological polar surface area (TPSA) is 37.3 Å². The lowest BCUT2D eigenvalue weighted by atomic mass is 9.87. The van der Waals surface area contributed by atoms with Crippen molar-refractivity contribution >= 4 is 18.3 Å². The summed E-state index contributed by atoms with van der Waals surface area (Å²) in [5.74, 6) is 0.182. The zero-order valence-corrected chi connectivity index (χ0v) is 11.5. The molecule has 5 heteroatoms. The Balaban J connectivity index is 0.00000120. The average molecular weight is 270 g/mol. The molecule has 4 nitrogen and oxygen atoms in total. The molecule has 0 aromatic carbocycles. The van der Waals surface area contributed by atoms with E-state index in [0.29, 0.717) is 5.41 Å². The van der Waals surface area contributed by atoms with E-state index in [1.807, 2.05) is 34.8 Å². The van der Waals surface area contributed by atoms with Crippen LogP contribution in [-0.4, -0.2) is 41.6 Å². The van der Waals surface area contributed by atoms with Gasteiger partial charge in [0.25, 0.3) is 5.91 Å². The molecular formula is C13H20ClN3O. The molecule has 18 heavy (non-hydrogen) atoms. The third-order valence-corrected chi connectivity index (χ3v) is 4.22. The van der Waals surface area contributed by atoms with Crippen molar-refractivity contribution in [3.63, 3.8) is 0 Å². The Labute approximate surface area is 114 Å². The van der Waals surface area contributed by atoms with Gasteiger partial charge in [-0.1, -0.05) is 0 Å². The van der Waals surface area contributed by atoms with Crippen molar-refractivity contribution in [2.75, 3.05) is 26.2 Å². The molecule has 1 spiro atoms. The zero-order chi connectivity index (χ0) is 11.9. The van der Waals surface area contributed by atoms with E-state index in [0.717, 1.165) is 38.3 Å². The SMILES string of the molecule is Cl.Cn1cccc1C(=O)N1CCC2(CCNC2)C1. The van der Waals surface area contributed by atoms with Crippen molar-refractivity contribution in [1.29, 1.82) is 0 Å². The van der Waals surface area contributed by atoms with Crippen LogP contribution in [0.1, 0.15) is 23.3 Å². The molecule has 100 valence electrons. The fraction of sp³-hybridized carbons (Fsp3) is 0.615. The zero-order valence-electron chi connectivity index (χ0n) is 10.7. The molecule has 3 rings (SSSR count). The maximum Gasteiger partial charge on any atom is 0.270 e. The van der Waals surface area contributed by atoms with Crippen molar-refractivity contribution in [3.8, 4) is 0 Å². The van der Waals surface area contributed by atoms with Gasteiger partial charge in [0.1, 0.15) is 5.69 Å². The molecule has 0 aliphatic carbocycles. The second-order valence-electron chi connectivity index (χ2n) is 5.41. The number of nitrogens with zero attached hydrogens (tertiary/aromatic N) is 2. The van der Waals surface area contributed by atoms with E-state index >= 15 is 0 Å². The molecule has 2 fully saturated rings. The molecule has 2 aliphatic rings. The first-order chi connectivity index (χ1) is 8.20. The number of carbonyl (C=O) groups is 1. The molecule has 1 aromatic rings. The van der Waals surface area contributed by atoms with Gasteiger partial charge in [-0.2, -0.15) is 0 Å². The normalized spacial score (nSPS) is 26.6. The van der Waals surface area contributed by atoms with E-state index in [1.54, 1.807) is 0 Å². The first-order valence-corrected chi connectivity index (χ1v) is 6.32. The van der Waals surface area contributed by atoms with Crippen LogP contribution >= 0.6 is 12.4 Å². The number of hydrogen-bond acceptors (Lipinski definition) is 2. The minimum Gasteiger partial charge on any atom is -0.347 e. The van der Waals surface area contributed by atoms with Crippen LogP contribution in [0.4, 0.5) is 0 Å². The molecule has 1 N–H and O–H groups in total. The van der Waals surface area contributed by atoms with Crippen LogP contribution < -0.4 is 5.32 Å². The fourth-order valence-corrected chi connectivity index (χ4v) is 3.10. The van der Waals surface area contributed by atoms with Crippen LogP contribution in [0.5, 0.6) is 0 Å². The van der Waals surface area contributed by atoms with Crippen LogP contribution in [0.15, 0.2) is 18.3 Å². The standard InChI is InChI=1S/C13H19N3O.ClH/c1-15-7-2-3-11(15)12(17)16-8-5-13(10-16)4-6-14-9-13;/h2-3,7,14H,4-6,8-10H2,1H3;1H. The second kappa shape index (κ2) is 4.94. The van der Waals surface area contributed by atoms with Crippen molar-refractivity contribution < 1.29 is 4.79 Å². The lowest BCUT2D eigenvalue weighted by Gasteiger charge is -2.22. The summed E-state index contributed by atoms with van der Waals surface area (Å²) in [7, 11) is 1.93. The van der Waals surface area contributed by atoms with Crippen molar-refractivity contribution in [1.82, 2.24) is 14.8 Å². The number of hydrogen-bond donors (Lipinski definition) is 1. The number of aryl methyl sites for hydroxylation is 1. The minimum absolute atomic E-state index is 0. The Morgan fingerprint density at radius 2 is 2.28 bits per heavy atom. The number of aromatic nitrogens is 1.